The van der Waals surface area contributed by atoms with Gasteiger partial charge in [0.2, 0.25) is 0 Å². The molecule has 0 aliphatic heterocycles. The average molecular weight is 316 g/mol. The molecular weight excluding hydrogens is 293 g/mol. The first-order valence-electron chi connectivity index (χ1n) is 6.55. The third kappa shape index (κ3) is 5.07. The molecular formula is C15H23BrFN. The molecule has 0 spiro atoms. The van der Waals surface area contributed by atoms with Crippen molar-refractivity contribution in [3.63, 3.8) is 0 Å². The molecule has 0 aliphatic carbocycles. The zero-order valence-electron chi connectivity index (χ0n) is 11.7. The Balaban J connectivity index is 2.78. The zero-order chi connectivity index (χ0) is 13.7. The van der Waals surface area contributed by atoms with E-state index in [0.717, 1.165) is 25.2 Å². The summed E-state index contributed by atoms with van der Waals surface area (Å²) in [5.74, 6) is 1.06. The third-order valence-corrected chi connectivity index (χ3v) is 3.56. The summed E-state index contributed by atoms with van der Waals surface area (Å²) in [6, 6.07) is 5.25. The van der Waals surface area contributed by atoms with Gasteiger partial charge < -0.3 is 0 Å². The normalized spacial score (nSPS) is 11.8. The van der Waals surface area contributed by atoms with Gasteiger partial charge in [0.1, 0.15) is 5.82 Å². The van der Waals surface area contributed by atoms with Crippen LogP contribution in [0.15, 0.2) is 22.7 Å². The van der Waals surface area contributed by atoms with Crippen LogP contribution in [0, 0.1) is 17.7 Å². The maximum Gasteiger partial charge on any atom is 0.137 e. The van der Waals surface area contributed by atoms with Gasteiger partial charge in [-0.15, -0.1) is 0 Å². The SMILES string of the molecule is CC(C)CN(Cc1cccc(F)c1Br)CC(C)C. The van der Waals surface area contributed by atoms with Crippen LogP contribution in [0.1, 0.15) is 33.3 Å². The fraction of sp³-hybridized carbons (Fsp3) is 0.600. The minimum Gasteiger partial charge on any atom is -0.299 e. The molecule has 1 rings (SSSR count). The molecule has 1 nitrogen and oxygen atoms in total. The number of benzene rings is 1. The number of rotatable bonds is 6. The predicted octanol–water partition coefficient (Wildman–Crippen LogP) is 4.70. The van der Waals surface area contributed by atoms with E-state index in [1.807, 2.05) is 6.07 Å². The van der Waals surface area contributed by atoms with Gasteiger partial charge in [0.05, 0.1) is 4.47 Å². The fourth-order valence-corrected chi connectivity index (χ4v) is 2.54. The summed E-state index contributed by atoms with van der Waals surface area (Å²) in [5.41, 5.74) is 1.02. The van der Waals surface area contributed by atoms with Crippen LogP contribution in [0.25, 0.3) is 0 Å². The molecule has 0 atom stereocenters. The highest BCUT2D eigenvalue weighted by molar-refractivity contribution is 9.10. The van der Waals surface area contributed by atoms with Crippen molar-refractivity contribution in [2.75, 3.05) is 13.1 Å². The van der Waals surface area contributed by atoms with Crippen LogP contribution < -0.4 is 0 Å². The maximum atomic E-state index is 13.5. The van der Waals surface area contributed by atoms with Crippen molar-refractivity contribution >= 4 is 15.9 Å². The quantitative estimate of drug-likeness (QED) is 0.735. The molecule has 0 N–H and O–H groups in total. The van der Waals surface area contributed by atoms with Crippen molar-refractivity contribution < 1.29 is 4.39 Å². The molecule has 18 heavy (non-hydrogen) atoms. The summed E-state index contributed by atoms with van der Waals surface area (Å²) >= 11 is 3.34. The Hall–Kier alpha value is -0.410. The third-order valence-electron chi connectivity index (χ3n) is 2.67. The van der Waals surface area contributed by atoms with E-state index in [9.17, 15) is 4.39 Å². The molecule has 0 aliphatic rings. The van der Waals surface area contributed by atoms with Crippen molar-refractivity contribution in [3.05, 3.63) is 34.1 Å². The Kier molecular flexibility index (Phi) is 6.30. The lowest BCUT2D eigenvalue weighted by Crippen LogP contribution is -2.31. The van der Waals surface area contributed by atoms with Crippen LogP contribution in [0.2, 0.25) is 0 Å². The Bertz CT molecular complexity index is 367. The lowest BCUT2D eigenvalue weighted by atomic mass is 10.1. The molecule has 0 bridgehead atoms. The van der Waals surface area contributed by atoms with E-state index in [1.165, 1.54) is 6.07 Å². The molecule has 1 aromatic rings. The van der Waals surface area contributed by atoms with E-state index in [2.05, 4.69) is 48.5 Å². The molecule has 0 fully saturated rings. The van der Waals surface area contributed by atoms with Crippen LogP contribution in [0.3, 0.4) is 0 Å². The van der Waals surface area contributed by atoms with Crippen molar-refractivity contribution in [1.29, 1.82) is 0 Å². The smallest absolute Gasteiger partial charge is 0.137 e. The highest BCUT2D eigenvalue weighted by atomic mass is 79.9. The van der Waals surface area contributed by atoms with Crippen molar-refractivity contribution in [3.8, 4) is 0 Å². The molecule has 3 heteroatoms. The molecule has 102 valence electrons. The lowest BCUT2D eigenvalue weighted by molar-refractivity contribution is 0.211. The highest BCUT2D eigenvalue weighted by Crippen LogP contribution is 2.22. The topological polar surface area (TPSA) is 3.24 Å². The van der Waals surface area contributed by atoms with Gasteiger partial charge in [-0.05, 0) is 39.4 Å². The molecule has 0 aromatic heterocycles. The van der Waals surface area contributed by atoms with Crippen LogP contribution in [-0.4, -0.2) is 18.0 Å². The Morgan fingerprint density at radius 3 is 2.17 bits per heavy atom. The minimum atomic E-state index is -0.179. The van der Waals surface area contributed by atoms with E-state index < -0.39 is 0 Å². The van der Waals surface area contributed by atoms with E-state index in [-0.39, 0.29) is 5.82 Å². The van der Waals surface area contributed by atoms with Crippen LogP contribution in [0.5, 0.6) is 0 Å². The molecule has 0 heterocycles. The van der Waals surface area contributed by atoms with Gasteiger partial charge in [0.25, 0.3) is 0 Å². The van der Waals surface area contributed by atoms with Gasteiger partial charge >= 0.3 is 0 Å². The van der Waals surface area contributed by atoms with E-state index in [0.29, 0.717) is 16.3 Å². The van der Waals surface area contributed by atoms with Crippen molar-refractivity contribution in [2.45, 2.75) is 34.2 Å². The molecule has 0 unspecified atom stereocenters. The summed E-state index contributed by atoms with van der Waals surface area (Å²) in [5, 5.41) is 0. The predicted molar refractivity (Wildman–Crippen MR) is 79.1 cm³/mol. The summed E-state index contributed by atoms with van der Waals surface area (Å²) in [6.07, 6.45) is 0. The lowest BCUT2D eigenvalue weighted by Gasteiger charge is -2.26. The maximum absolute atomic E-state index is 13.5. The second-order valence-corrected chi connectivity index (χ2v) is 6.49. The van der Waals surface area contributed by atoms with E-state index >= 15 is 0 Å². The summed E-state index contributed by atoms with van der Waals surface area (Å²) in [7, 11) is 0. The minimum absolute atomic E-state index is 0.179. The zero-order valence-corrected chi connectivity index (χ0v) is 13.3. The number of nitrogens with zero attached hydrogens (tertiary/aromatic N) is 1. The van der Waals surface area contributed by atoms with Crippen LogP contribution in [0.4, 0.5) is 4.39 Å². The molecule has 1 aromatic carbocycles. The first-order valence-corrected chi connectivity index (χ1v) is 7.34. The van der Waals surface area contributed by atoms with Crippen LogP contribution in [-0.2, 0) is 6.54 Å². The standard InChI is InChI=1S/C15H23BrFN/c1-11(2)8-18(9-12(3)4)10-13-6-5-7-14(17)15(13)16/h5-7,11-12H,8-10H2,1-4H3. The Morgan fingerprint density at radius 2 is 1.67 bits per heavy atom. The van der Waals surface area contributed by atoms with Gasteiger partial charge in [-0.25, -0.2) is 4.39 Å². The summed E-state index contributed by atoms with van der Waals surface area (Å²) in [6.45, 7) is 11.8. The summed E-state index contributed by atoms with van der Waals surface area (Å²) in [4.78, 5) is 2.40. The second-order valence-electron chi connectivity index (χ2n) is 5.69. The first-order chi connectivity index (χ1) is 8.40. The van der Waals surface area contributed by atoms with E-state index in [4.69, 9.17) is 0 Å². The summed E-state index contributed by atoms with van der Waals surface area (Å²) < 4.78 is 14.1. The van der Waals surface area contributed by atoms with Gasteiger partial charge in [-0.3, -0.25) is 4.90 Å². The van der Waals surface area contributed by atoms with Crippen molar-refractivity contribution in [1.82, 2.24) is 4.90 Å². The first kappa shape index (κ1) is 15.6. The number of hydrogen-bond acceptors (Lipinski definition) is 1. The largest absolute Gasteiger partial charge is 0.299 e. The highest BCUT2D eigenvalue weighted by Gasteiger charge is 2.13. The molecule has 0 saturated heterocycles. The molecule has 0 saturated carbocycles. The van der Waals surface area contributed by atoms with Gasteiger partial charge in [-0.1, -0.05) is 39.8 Å². The molecule has 0 amide bonds. The van der Waals surface area contributed by atoms with Crippen molar-refractivity contribution in [2.24, 2.45) is 11.8 Å². The monoisotopic (exact) mass is 315 g/mol. The number of halogens is 2. The Labute approximate surface area is 119 Å². The molecule has 0 radical (unpaired) electrons. The van der Waals surface area contributed by atoms with Gasteiger partial charge in [-0.2, -0.15) is 0 Å². The van der Waals surface area contributed by atoms with Crippen LogP contribution >= 0.6 is 15.9 Å². The van der Waals surface area contributed by atoms with Gasteiger partial charge in [0.15, 0.2) is 0 Å². The van der Waals surface area contributed by atoms with Gasteiger partial charge in [0, 0.05) is 19.6 Å². The Morgan fingerprint density at radius 1 is 1.11 bits per heavy atom. The van der Waals surface area contributed by atoms with E-state index in [1.54, 1.807) is 6.07 Å². The fourth-order valence-electron chi connectivity index (χ4n) is 2.15. The number of hydrogen-bond donors (Lipinski definition) is 0. The second kappa shape index (κ2) is 7.25. The average Bonchev–Trinajstić information content (AvgIpc) is 2.23.